The number of nitro groups is 1. The van der Waals surface area contributed by atoms with Crippen LogP contribution in [0, 0.1) is 21.8 Å². The maximum atomic E-state index is 13.3. The molecule has 0 atom stereocenters. The zero-order chi connectivity index (χ0) is 13.1. The lowest BCUT2D eigenvalue weighted by Gasteiger charge is -2.31. The van der Waals surface area contributed by atoms with E-state index in [0.717, 1.165) is 12.4 Å². The second-order valence-corrected chi connectivity index (χ2v) is 4.39. The molecule has 5 nitrogen and oxygen atoms in total. The van der Waals surface area contributed by atoms with Crippen LogP contribution in [0.1, 0.15) is 12.8 Å². The fourth-order valence-electron chi connectivity index (χ4n) is 2.14. The van der Waals surface area contributed by atoms with E-state index in [1.807, 2.05) is 4.90 Å². The number of halogens is 1. The number of anilines is 1. The Morgan fingerprint density at radius 3 is 2.56 bits per heavy atom. The lowest BCUT2D eigenvalue weighted by molar-refractivity contribution is -0.385. The van der Waals surface area contributed by atoms with E-state index in [-0.39, 0.29) is 11.6 Å². The van der Waals surface area contributed by atoms with Gasteiger partial charge in [-0.3, -0.25) is 10.1 Å². The van der Waals surface area contributed by atoms with Gasteiger partial charge in [0.15, 0.2) is 0 Å². The predicted octanol–water partition coefficient (Wildman–Crippen LogP) is 2.15. The molecule has 1 aliphatic rings. The van der Waals surface area contributed by atoms with Crippen molar-refractivity contribution in [3.63, 3.8) is 0 Å². The van der Waals surface area contributed by atoms with Gasteiger partial charge in [-0.2, -0.15) is 0 Å². The Bertz CT molecular complexity index is 470. The highest BCUT2D eigenvalue weighted by Gasteiger charge is 2.21. The number of benzene rings is 1. The van der Waals surface area contributed by atoms with Crippen molar-refractivity contribution in [3.05, 3.63) is 34.1 Å². The van der Waals surface area contributed by atoms with E-state index in [0.29, 0.717) is 31.6 Å². The molecular weight excluding hydrogens is 239 g/mol. The van der Waals surface area contributed by atoms with Gasteiger partial charge < -0.3 is 9.69 Å². The SMILES string of the molecule is O=CC1CCN(c2cc(F)cc([N+](=O)[O-])c2)CC1. The molecule has 1 heterocycles. The van der Waals surface area contributed by atoms with Crippen LogP contribution < -0.4 is 4.90 Å². The van der Waals surface area contributed by atoms with Crippen LogP contribution in [0.5, 0.6) is 0 Å². The molecule has 0 N–H and O–H groups in total. The summed E-state index contributed by atoms with van der Waals surface area (Å²) in [7, 11) is 0. The van der Waals surface area contributed by atoms with E-state index in [1.165, 1.54) is 12.1 Å². The number of piperidine rings is 1. The van der Waals surface area contributed by atoms with Crippen LogP contribution in [-0.2, 0) is 4.79 Å². The van der Waals surface area contributed by atoms with Crippen molar-refractivity contribution >= 4 is 17.7 Å². The van der Waals surface area contributed by atoms with E-state index < -0.39 is 10.7 Å². The molecule has 0 aliphatic carbocycles. The summed E-state index contributed by atoms with van der Waals surface area (Å²) in [5, 5.41) is 10.7. The number of carbonyl (C=O) groups is 1. The van der Waals surface area contributed by atoms with Gasteiger partial charge in [0.05, 0.1) is 11.0 Å². The predicted molar refractivity (Wildman–Crippen MR) is 64.1 cm³/mol. The molecule has 0 amide bonds. The summed E-state index contributed by atoms with van der Waals surface area (Å²) in [6.07, 6.45) is 2.34. The topological polar surface area (TPSA) is 63.5 Å². The minimum absolute atomic E-state index is 0.0461. The number of non-ortho nitro benzene ring substituents is 1. The van der Waals surface area contributed by atoms with E-state index in [1.54, 1.807) is 0 Å². The Labute approximate surface area is 103 Å². The molecule has 6 heteroatoms. The maximum absolute atomic E-state index is 13.3. The largest absolute Gasteiger partial charge is 0.371 e. The van der Waals surface area contributed by atoms with Gasteiger partial charge in [-0.05, 0) is 18.9 Å². The van der Waals surface area contributed by atoms with Crippen LogP contribution in [0.15, 0.2) is 18.2 Å². The monoisotopic (exact) mass is 252 g/mol. The molecule has 1 aromatic rings. The first kappa shape index (κ1) is 12.5. The minimum Gasteiger partial charge on any atom is -0.371 e. The zero-order valence-electron chi connectivity index (χ0n) is 9.71. The second-order valence-electron chi connectivity index (χ2n) is 4.39. The fraction of sp³-hybridized carbons (Fsp3) is 0.417. The summed E-state index contributed by atoms with van der Waals surface area (Å²) in [5.41, 5.74) is 0.258. The summed E-state index contributed by atoms with van der Waals surface area (Å²) >= 11 is 0. The molecule has 1 fully saturated rings. The van der Waals surface area contributed by atoms with E-state index in [4.69, 9.17) is 0 Å². The van der Waals surface area contributed by atoms with Gasteiger partial charge in [-0.25, -0.2) is 4.39 Å². The molecule has 18 heavy (non-hydrogen) atoms. The van der Waals surface area contributed by atoms with Crippen LogP contribution >= 0.6 is 0 Å². The molecule has 0 radical (unpaired) electrons. The third-order valence-electron chi connectivity index (χ3n) is 3.18. The summed E-state index contributed by atoms with van der Waals surface area (Å²) in [6.45, 7) is 1.23. The average Bonchev–Trinajstić information content (AvgIpc) is 2.38. The van der Waals surface area contributed by atoms with Gasteiger partial charge in [0, 0.05) is 30.8 Å². The number of rotatable bonds is 3. The molecule has 0 unspecified atom stereocenters. The number of aldehydes is 1. The van der Waals surface area contributed by atoms with Gasteiger partial charge in [0.25, 0.3) is 5.69 Å². The first-order valence-corrected chi connectivity index (χ1v) is 5.75. The standard InChI is InChI=1S/C12H13FN2O3/c13-10-5-11(7-12(6-10)15(17)18)14-3-1-9(8-16)2-4-14/h5-9H,1-4H2. The highest BCUT2D eigenvalue weighted by Crippen LogP contribution is 2.27. The van der Waals surface area contributed by atoms with Crippen LogP contribution in [0.25, 0.3) is 0 Å². The Balaban J connectivity index is 2.18. The van der Waals surface area contributed by atoms with Gasteiger partial charge in [0.1, 0.15) is 12.1 Å². The highest BCUT2D eigenvalue weighted by atomic mass is 19.1. The van der Waals surface area contributed by atoms with Crippen molar-refractivity contribution in [1.82, 2.24) is 0 Å². The molecule has 1 aliphatic heterocycles. The quantitative estimate of drug-likeness (QED) is 0.469. The molecule has 0 spiro atoms. The van der Waals surface area contributed by atoms with Crippen molar-refractivity contribution in [1.29, 1.82) is 0 Å². The lowest BCUT2D eigenvalue weighted by Crippen LogP contribution is -2.34. The van der Waals surface area contributed by atoms with Crippen molar-refractivity contribution < 1.29 is 14.1 Å². The number of carbonyl (C=O) groups excluding carboxylic acids is 1. The average molecular weight is 252 g/mol. The van der Waals surface area contributed by atoms with Crippen molar-refractivity contribution in [2.24, 2.45) is 5.92 Å². The summed E-state index contributed by atoms with van der Waals surface area (Å²) in [6, 6.07) is 3.56. The number of hydrogen-bond donors (Lipinski definition) is 0. The molecule has 96 valence electrons. The van der Waals surface area contributed by atoms with Gasteiger partial charge in [-0.1, -0.05) is 0 Å². The maximum Gasteiger partial charge on any atom is 0.274 e. The Hall–Kier alpha value is -1.98. The number of nitrogens with zero attached hydrogens (tertiary/aromatic N) is 2. The molecule has 0 bridgehead atoms. The Morgan fingerprint density at radius 2 is 2.00 bits per heavy atom. The van der Waals surface area contributed by atoms with E-state index in [9.17, 15) is 19.3 Å². The van der Waals surface area contributed by atoms with E-state index >= 15 is 0 Å². The van der Waals surface area contributed by atoms with Crippen LogP contribution in [-0.4, -0.2) is 24.3 Å². The highest BCUT2D eigenvalue weighted by molar-refractivity contribution is 5.57. The van der Waals surface area contributed by atoms with Crippen molar-refractivity contribution in [3.8, 4) is 0 Å². The van der Waals surface area contributed by atoms with Gasteiger partial charge in [0.2, 0.25) is 0 Å². The fourth-order valence-corrected chi connectivity index (χ4v) is 2.14. The molecule has 2 rings (SSSR count). The van der Waals surface area contributed by atoms with Crippen molar-refractivity contribution in [2.75, 3.05) is 18.0 Å². The third kappa shape index (κ3) is 2.64. The molecule has 1 saturated heterocycles. The minimum atomic E-state index is -0.614. The summed E-state index contributed by atoms with van der Waals surface area (Å²) in [4.78, 5) is 22.6. The first-order chi connectivity index (χ1) is 8.60. The van der Waals surface area contributed by atoms with Crippen LogP contribution in [0.3, 0.4) is 0 Å². The Kier molecular flexibility index (Phi) is 3.55. The van der Waals surface area contributed by atoms with Gasteiger partial charge >= 0.3 is 0 Å². The first-order valence-electron chi connectivity index (χ1n) is 5.75. The molecule has 0 saturated carbocycles. The van der Waals surface area contributed by atoms with Crippen LogP contribution in [0.4, 0.5) is 15.8 Å². The zero-order valence-corrected chi connectivity index (χ0v) is 9.71. The Morgan fingerprint density at radius 1 is 1.33 bits per heavy atom. The second kappa shape index (κ2) is 5.12. The van der Waals surface area contributed by atoms with Crippen molar-refractivity contribution in [2.45, 2.75) is 12.8 Å². The normalized spacial score (nSPS) is 16.6. The summed E-state index contributed by atoms with van der Waals surface area (Å²) < 4.78 is 13.3. The van der Waals surface area contributed by atoms with Crippen LogP contribution in [0.2, 0.25) is 0 Å². The summed E-state index contributed by atoms with van der Waals surface area (Å²) in [5.74, 6) is -0.568. The number of nitro benzene ring substituents is 1. The number of hydrogen-bond acceptors (Lipinski definition) is 4. The molecule has 1 aromatic carbocycles. The van der Waals surface area contributed by atoms with E-state index in [2.05, 4.69) is 0 Å². The smallest absolute Gasteiger partial charge is 0.274 e. The van der Waals surface area contributed by atoms with Gasteiger partial charge in [-0.15, -0.1) is 0 Å². The molecular formula is C12H13FN2O3. The molecule has 0 aromatic heterocycles. The third-order valence-corrected chi connectivity index (χ3v) is 3.18. The lowest BCUT2D eigenvalue weighted by atomic mass is 9.98.